The maximum atomic E-state index is 13.0. The molecule has 3 aromatic rings. The lowest BCUT2D eigenvalue weighted by atomic mass is 10.0. The number of rotatable bonds is 19. The quantitative estimate of drug-likeness (QED) is 0.114. The van der Waals surface area contributed by atoms with Gasteiger partial charge in [0, 0.05) is 35.5 Å². The van der Waals surface area contributed by atoms with E-state index in [9.17, 15) is 24.6 Å². The predicted molar refractivity (Wildman–Crippen MR) is 154 cm³/mol. The first-order chi connectivity index (χ1) is 19.3. The van der Waals surface area contributed by atoms with Gasteiger partial charge in [-0.1, -0.05) is 51.2 Å². The standard InChI is InChI=1S/C32H41NO7/c1-2-3-4-5-6-7-10-23-13-16-26(17-14-23)40-22-25(34)20-33-21-28(30(35)11-8-9-12-31(36)37)27-19-24(32(38)39)15-18-29(27)33/h13-19,21,25,34H,2-12,20,22H2,1H3,(H,36,37)(H,38,39). The normalized spacial score (nSPS) is 11.9. The number of aliphatic hydroxyl groups excluding tert-OH is 1. The number of benzene rings is 2. The lowest BCUT2D eigenvalue weighted by Crippen LogP contribution is -2.23. The molecule has 0 aliphatic carbocycles. The highest BCUT2D eigenvalue weighted by Gasteiger charge is 2.19. The molecule has 2 aromatic carbocycles. The van der Waals surface area contributed by atoms with Gasteiger partial charge in [0.1, 0.15) is 18.5 Å². The van der Waals surface area contributed by atoms with E-state index in [4.69, 9.17) is 9.84 Å². The van der Waals surface area contributed by atoms with Crippen molar-refractivity contribution in [2.45, 2.75) is 90.2 Å². The van der Waals surface area contributed by atoms with Gasteiger partial charge < -0.3 is 24.6 Å². The smallest absolute Gasteiger partial charge is 0.335 e. The van der Waals surface area contributed by atoms with Gasteiger partial charge in [-0.05, 0) is 61.6 Å². The molecule has 0 saturated heterocycles. The first-order valence-electron chi connectivity index (χ1n) is 14.3. The molecule has 0 radical (unpaired) electrons. The molecule has 0 aliphatic rings. The van der Waals surface area contributed by atoms with Crippen molar-refractivity contribution in [2.24, 2.45) is 0 Å². The predicted octanol–water partition coefficient (Wildman–Crippen LogP) is 6.51. The molecule has 40 heavy (non-hydrogen) atoms. The Bertz CT molecular complexity index is 1260. The largest absolute Gasteiger partial charge is 0.491 e. The molecule has 0 saturated carbocycles. The van der Waals surface area contributed by atoms with E-state index in [1.807, 2.05) is 12.1 Å². The van der Waals surface area contributed by atoms with E-state index in [1.54, 1.807) is 16.8 Å². The highest BCUT2D eigenvalue weighted by Crippen LogP contribution is 2.26. The summed E-state index contributed by atoms with van der Waals surface area (Å²) in [4.78, 5) is 35.2. The van der Waals surface area contributed by atoms with Crippen LogP contribution in [0.3, 0.4) is 0 Å². The zero-order valence-electron chi connectivity index (χ0n) is 23.3. The maximum Gasteiger partial charge on any atom is 0.335 e. The van der Waals surface area contributed by atoms with Crippen LogP contribution in [0.25, 0.3) is 10.9 Å². The number of fused-ring (bicyclic) bond motifs is 1. The highest BCUT2D eigenvalue weighted by molar-refractivity contribution is 6.09. The van der Waals surface area contributed by atoms with Crippen molar-refractivity contribution < 1.29 is 34.4 Å². The van der Waals surface area contributed by atoms with Gasteiger partial charge in [-0.3, -0.25) is 9.59 Å². The summed E-state index contributed by atoms with van der Waals surface area (Å²) in [6.45, 7) is 2.44. The van der Waals surface area contributed by atoms with E-state index < -0.39 is 18.0 Å². The number of ether oxygens (including phenoxy) is 1. The molecule has 1 heterocycles. The van der Waals surface area contributed by atoms with Crippen LogP contribution in [0.1, 0.15) is 97.4 Å². The minimum Gasteiger partial charge on any atom is -0.491 e. The second kappa shape index (κ2) is 15.8. The van der Waals surface area contributed by atoms with E-state index in [0.717, 1.165) is 6.42 Å². The summed E-state index contributed by atoms with van der Waals surface area (Å²) < 4.78 is 7.55. The van der Waals surface area contributed by atoms with Gasteiger partial charge in [0.2, 0.25) is 0 Å². The topological polar surface area (TPSA) is 126 Å². The summed E-state index contributed by atoms with van der Waals surface area (Å²) in [6.07, 6.45) is 10.3. The van der Waals surface area contributed by atoms with Gasteiger partial charge in [-0.25, -0.2) is 4.79 Å². The zero-order valence-corrected chi connectivity index (χ0v) is 23.3. The number of carbonyl (C=O) groups excluding carboxylic acids is 1. The third-order valence-corrected chi connectivity index (χ3v) is 7.07. The number of carboxylic acid groups (broad SMARTS) is 2. The Labute approximate surface area is 235 Å². The SMILES string of the molecule is CCCCCCCCc1ccc(OCC(O)Cn2cc(C(=O)CCCCC(=O)O)c3cc(C(=O)O)ccc32)cc1. The van der Waals surface area contributed by atoms with Gasteiger partial charge >= 0.3 is 11.9 Å². The molecule has 1 unspecified atom stereocenters. The molecular weight excluding hydrogens is 510 g/mol. The number of hydrogen-bond donors (Lipinski definition) is 3. The molecule has 0 fully saturated rings. The van der Waals surface area contributed by atoms with Crippen LogP contribution in [0, 0.1) is 0 Å². The molecule has 8 heteroatoms. The molecule has 0 aliphatic heterocycles. The fraction of sp³-hybridized carbons (Fsp3) is 0.469. The van der Waals surface area contributed by atoms with Crippen LogP contribution in [-0.2, 0) is 17.8 Å². The summed E-state index contributed by atoms with van der Waals surface area (Å²) >= 11 is 0. The van der Waals surface area contributed by atoms with Crippen molar-refractivity contribution in [3.63, 3.8) is 0 Å². The number of ketones is 1. The number of carboxylic acids is 2. The Hall–Kier alpha value is -3.65. The number of aliphatic carboxylic acids is 1. The summed E-state index contributed by atoms with van der Waals surface area (Å²) in [5.74, 6) is -1.52. The first-order valence-corrected chi connectivity index (χ1v) is 14.3. The van der Waals surface area contributed by atoms with E-state index >= 15 is 0 Å². The van der Waals surface area contributed by atoms with Crippen LogP contribution in [0.4, 0.5) is 0 Å². The summed E-state index contributed by atoms with van der Waals surface area (Å²) in [7, 11) is 0. The first kappa shape index (κ1) is 30.9. The number of carbonyl (C=O) groups is 3. The van der Waals surface area contributed by atoms with Gasteiger partial charge in [0.05, 0.1) is 12.1 Å². The van der Waals surface area contributed by atoms with Crippen molar-refractivity contribution >= 4 is 28.6 Å². The van der Waals surface area contributed by atoms with Crippen molar-refractivity contribution in [3.8, 4) is 5.75 Å². The molecule has 8 nitrogen and oxygen atoms in total. The minimum absolute atomic E-state index is 0.00769. The van der Waals surface area contributed by atoms with Crippen LogP contribution in [-0.4, -0.2) is 50.3 Å². The summed E-state index contributed by atoms with van der Waals surface area (Å²) in [6, 6.07) is 12.5. The monoisotopic (exact) mass is 551 g/mol. The lowest BCUT2D eigenvalue weighted by Gasteiger charge is -2.14. The molecular formula is C32H41NO7. The maximum absolute atomic E-state index is 13.0. The summed E-state index contributed by atoms with van der Waals surface area (Å²) in [5.41, 5.74) is 2.33. The molecule has 0 amide bonds. The highest BCUT2D eigenvalue weighted by atomic mass is 16.5. The number of nitrogens with zero attached hydrogens (tertiary/aromatic N) is 1. The number of aromatic nitrogens is 1. The molecule has 216 valence electrons. The third kappa shape index (κ3) is 9.52. The van der Waals surface area contributed by atoms with Gasteiger partial charge in [-0.2, -0.15) is 0 Å². The number of hydrogen-bond acceptors (Lipinski definition) is 5. The van der Waals surface area contributed by atoms with Crippen molar-refractivity contribution in [2.75, 3.05) is 6.61 Å². The fourth-order valence-corrected chi connectivity index (χ4v) is 4.83. The molecule has 1 atom stereocenters. The Morgan fingerprint density at radius 3 is 2.27 bits per heavy atom. The fourth-order valence-electron chi connectivity index (χ4n) is 4.83. The van der Waals surface area contributed by atoms with E-state index in [1.165, 1.54) is 56.2 Å². The van der Waals surface area contributed by atoms with Crippen LogP contribution >= 0.6 is 0 Å². The number of unbranched alkanes of at least 4 members (excludes halogenated alkanes) is 6. The Morgan fingerprint density at radius 2 is 1.57 bits per heavy atom. The van der Waals surface area contributed by atoms with Crippen molar-refractivity contribution in [3.05, 3.63) is 65.4 Å². The average molecular weight is 552 g/mol. The number of aliphatic hydroxyl groups is 1. The lowest BCUT2D eigenvalue weighted by molar-refractivity contribution is -0.137. The Balaban J connectivity index is 1.59. The van der Waals surface area contributed by atoms with Gasteiger partial charge in [-0.15, -0.1) is 0 Å². The van der Waals surface area contributed by atoms with E-state index in [0.29, 0.717) is 35.1 Å². The van der Waals surface area contributed by atoms with Crippen LogP contribution in [0.5, 0.6) is 5.75 Å². The molecule has 0 bridgehead atoms. The second-order valence-corrected chi connectivity index (χ2v) is 10.4. The van der Waals surface area contributed by atoms with Crippen LogP contribution in [0.2, 0.25) is 0 Å². The Kier molecular flexibility index (Phi) is 12.2. The molecule has 3 rings (SSSR count). The van der Waals surface area contributed by atoms with E-state index in [-0.39, 0.29) is 37.3 Å². The number of aryl methyl sites for hydroxylation is 1. The Morgan fingerprint density at radius 1 is 0.875 bits per heavy atom. The summed E-state index contributed by atoms with van der Waals surface area (Å²) in [5, 5.41) is 29.5. The average Bonchev–Trinajstić information content (AvgIpc) is 3.29. The molecule has 0 spiro atoms. The third-order valence-electron chi connectivity index (χ3n) is 7.07. The van der Waals surface area contributed by atoms with Crippen LogP contribution < -0.4 is 4.74 Å². The van der Waals surface area contributed by atoms with Crippen LogP contribution in [0.15, 0.2) is 48.7 Å². The molecule has 3 N–H and O–H groups in total. The van der Waals surface area contributed by atoms with Gasteiger partial charge in [0.25, 0.3) is 0 Å². The van der Waals surface area contributed by atoms with E-state index in [2.05, 4.69) is 19.1 Å². The molecule has 1 aromatic heterocycles. The van der Waals surface area contributed by atoms with Crippen molar-refractivity contribution in [1.82, 2.24) is 4.57 Å². The van der Waals surface area contributed by atoms with Crippen molar-refractivity contribution in [1.29, 1.82) is 0 Å². The minimum atomic E-state index is -1.10. The number of Topliss-reactive ketones (excluding diaryl/α,β-unsaturated/α-hetero) is 1. The van der Waals surface area contributed by atoms with Gasteiger partial charge in [0.15, 0.2) is 5.78 Å². The zero-order chi connectivity index (χ0) is 28.9. The second-order valence-electron chi connectivity index (χ2n) is 10.4. The number of aromatic carboxylic acids is 1.